The normalized spacial score (nSPS) is 14.8. The van der Waals surface area contributed by atoms with Gasteiger partial charge in [0, 0.05) is 29.2 Å². The molecule has 3 aromatic rings. The molecule has 0 bridgehead atoms. The third-order valence-electron chi connectivity index (χ3n) is 4.44. The van der Waals surface area contributed by atoms with Crippen molar-refractivity contribution in [3.63, 3.8) is 0 Å². The number of nitrogens with one attached hydrogen (secondary N) is 1. The van der Waals surface area contributed by atoms with Crippen molar-refractivity contribution in [2.75, 3.05) is 23.3 Å². The number of carbonyl (C=O) groups excluding carboxylic acids is 1. The van der Waals surface area contributed by atoms with Crippen molar-refractivity contribution in [3.8, 4) is 11.1 Å². The van der Waals surface area contributed by atoms with Crippen molar-refractivity contribution in [2.45, 2.75) is 19.0 Å². The van der Waals surface area contributed by atoms with Gasteiger partial charge in [-0.1, -0.05) is 23.2 Å². The first-order valence-electron chi connectivity index (χ1n) is 8.55. The van der Waals surface area contributed by atoms with Gasteiger partial charge in [-0.15, -0.1) is 0 Å². The number of amides is 1. The van der Waals surface area contributed by atoms with Crippen LogP contribution in [0.1, 0.15) is 12.8 Å². The zero-order valence-corrected chi connectivity index (χ0v) is 16.2. The molecule has 0 atom stereocenters. The predicted molar refractivity (Wildman–Crippen MR) is 102 cm³/mol. The van der Waals surface area contributed by atoms with Crippen LogP contribution in [0.5, 0.6) is 0 Å². The van der Waals surface area contributed by atoms with Crippen LogP contribution < -0.4 is 10.2 Å². The molecule has 1 aliphatic heterocycles. The van der Waals surface area contributed by atoms with Crippen LogP contribution in [0.2, 0.25) is 10.2 Å². The lowest BCUT2D eigenvalue weighted by molar-refractivity contribution is -0.117. The Balaban J connectivity index is 1.89. The zero-order chi connectivity index (χ0) is 20.8. The number of benzene rings is 1. The summed E-state index contributed by atoms with van der Waals surface area (Å²) in [6.45, 7) is -0.773. The minimum absolute atomic E-state index is 0.0328. The van der Waals surface area contributed by atoms with Gasteiger partial charge in [0.1, 0.15) is 23.8 Å². The molecular weight excluding hydrogens is 432 g/mol. The molecule has 0 saturated carbocycles. The largest absolute Gasteiger partial charge is 0.405 e. The van der Waals surface area contributed by atoms with Gasteiger partial charge in [-0.2, -0.15) is 32.8 Å². The third-order valence-corrected chi connectivity index (χ3v) is 5.05. The van der Waals surface area contributed by atoms with Crippen LogP contribution >= 0.6 is 23.2 Å². The average molecular weight is 445 g/mol. The van der Waals surface area contributed by atoms with Crippen LogP contribution in [0.3, 0.4) is 0 Å². The molecule has 0 radical (unpaired) electrons. The molecule has 0 unspecified atom stereocenters. The molecule has 7 nitrogen and oxygen atoms in total. The Bertz CT molecular complexity index is 1100. The van der Waals surface area contributed by atoms with E-state index < -0.39 is 12.7 Å². The molecule has 12 heteroatoms. The molecule has 1 amide bonds. The number of hydrogen-bond acceptors (Lipinski definition) is 5. The smallest absolute Gasteiger partial charge is 0.360 e. The Morgan fingerprint density at radius 3 is 2.72 bits per heavy atom. The fraction of sp³-hybridized carbons (Fsp3) is 0.294. The van der Waals surface area contributed by atoms with E-state index in [0.29, 0.717) is 24.2 Å². The van der Waals surface area contributed by atoms with Crippen molar-refractivity contribution in [3.05, 3.63) is 34.7 Å². The highest BCUT2D eigenvalue weighted by molar-refractivity contribution is 6.36. The van der Waals surface area contributed by atoms with Gasteiger partial charge >= 0.3 is 6.18 Å². The van der Waals surface area contributed by atoms with Gasteiger partial charge in [-0.05, 0) is 24.6 Å². The number of fused-ring (bicyclic) bond motifs is 1. The fourth-order valence-corrected chi connectivity index (χ4v) is 3.68. The lowest BCUT2D eigenvalue weighted by Crippen LogP contribution is -2.24. The first-order valence-corrected chi connectivity index (χ1v) is 9.30. The van der Waals surface area contributed by atoms with Gasteiger partial charge in [-0.3, -0.25) is 4.79 Å². The number of anilines is 2. The molecule has 1 aromatic carbocycles. The Morgan fingerprint density at radius 1 is 1.24 bits per heavy atom. The summed E-state index contributed by atoms with van der Waals surface area (Å²) in [5, 5.41) is 6.39. The number of nitrogens with zero attached hydrogens (tertiary/aromatic N) is 5. The van der Waals surface area contributed by atoms with Crippen molar-refractivity contribution in [1.82, 2.24) is 19.6 Å². The summed E-state index contributed by atoms with van der Waals surface area (Å²) in [7, 11) is 0. The summed E-state index contributed by atoms with van der Waals surface area (Å²) in [4.78, 5) is 21.7. The summed E-state index contributed by atoms with van der Waals surface area (Å²) >= 11 is 12.7. The number of aromatic nitrogens is 4. The van der Waals surface area contributed by atoms with Gasteiger partial charge in [-0.25, -0.2) is 0 Å². The van der Waals surface area contributed by atoms with Crippen LogP contribution in [0.25, 0.3) is 16.9 Å². The van der Waals surface area contributed by atoms with Crippen LogP contribution in [0, 0.1) is 0 Å². The summed E-state index contributed by atoms with van der Waals surface area (Å²) in [5.74, 6) is -0.0586. The maximum Gasteiger partial charge on any atom is 0.405 e. The Morgan fingerprint density at radius 2 is 2.03 bits per heavy atom. The van der Waals surface area contributed by atoms with E-state index >= 15 is 0 Å². The minimum atomic E-state index is -4.48. The van der Waals surface area contributed by atoms with Crippen molar-refractivity contribution in [1.29, 1.82) is 0 Å². The molecule has 1 aliphatic rings. The third kappa shape index (κ3) is 3.82. The van der Waals surface area contributed by atoms with E-state index in [1.807, 2.05) is 0 Å². The molecule has 2 aromatic heterocycles. The summed E-state index contributed by atoms with van der Waals surface area (Å²) in [6.07, 6.45) is -2.17. The number of rotatable bonds is 4. The topological polar surface area (TPSA) is 75.4 Å². The van der Waals surface area contributed by atoms with E-state index in [1.54, 1.807) is 23.1 Å². The number of carbonyl (C=O) groups is 1. The highest BCUT2D eigenvalue weighted by atomic mass is 35.5. The first-order chi connectivity index (χ1) is 13.7. The van der Waals surface area contributed by atoms with Crippen LogP contribution in [0.4, 0.5) is 24.7 Å². The van der Waals surface area contributed by atoms with Crippen molar-refractivity contribution in [2.24, 2.45) is 0 Å². The molecule has 152 valence electrons. The van der Waals surface area contributed by atoms with Crippen molar-refractivity contribution < 1.29 is 18.0 Å². The van der Waals surface area contributed by atoms with E-state index in [0.717, 1.165) is 17.3 Å². The second-order valence-electron chi connectivity index (χ2n) is 6.38. The zero-order valence-electron chi connectivity index (χ0n) is 14.7. The quantitative estimate of drug-likeness (QED) is 0.610. The number of hydrogen-bond donors (Lipinski definition) is 1. The Kier molecular flexibility index (Phi) is 4.99. The standard InChI is InChI=1S/C17H13Cl2F3N6O/c18-11-4-3-9(27-5-1-2-12(27)29)6-10(11)13-14(19)26-16-24-8-25-28(16)15(13)23-7-17(20,21)22/h3-4,6,8,23H,1-2,5,7H2. The second-order valence-corrected chi connectivity index (χ2v) is 7.15. The summed E-state index contributed by atoms with van der Waals surface area (Å²) in [6, 6.07) is 4.84. The molecule has 1 N–H and O–H groups in total. The van der Waals surface area contributed by atoms with Gasteiger partial charge in [0.25, 0.3) is 5.78 Å². The highest BCUT2D eigenvalue weighted by Crippen LogP contribution is 2.40. The maximum atomic E-state index is 12.9. The SMILES string of the molecule is O=C1CCCN1c1ccc(Cl)c(-c2c(Cl)nc3ncnn3c2NCC(F)(F)F)c1. The minimum Gasteiger partial charge on any atom is -0.360 e. The molecular formula is C17H13Cl2F3N6O. The summed E-state index contributed by atoms with van der Waals surface area (Å²) < 4.78 is 39.7. The van der Waals surface area contributed by atoms with Gasteiger partial charge < -0.3 is 10.2 Å². The molecule has 1 saturated heterocycles. The van der Waals surface area contributed by atoms with Crippen LogP contribution in [0.15, 0.2) is 24.5 Å². The number of halogens is 5. The number of alkyl halides is 3. The van der Waals surface area contributed by atoms with E-state index in [-0.39, 0.29) is 33.2 Å². The first kappa shape index (κ1) is 19.7. The lowest BCUT2D eigenvalue weighted by atomic mass is 10.1. The van der Waals surface area contributed by atoms with Gasteiger partial charge in [0.2, 0.25) is 5.91 Å². The Hall–Kier alpha value is -2.59. The monoisotopic (exact) mass is 444 g/mol. The Labute approximate surface area is 172 Å². The van der Waals surface area contributed by atoms with E-state index in [4.69, 9.17) is 23.2 Å². The van der Waals surface area contributed by atoms with Gasteiger partial charge in [0.15, 0.2) is 0 Å². The van der Waals surface area contributed by atoms with Crippen LogP contribution in [-0.4, -0.2) is 44.8 Å². The van der Waals surface area contributed by atoms with Crippen LogP contribution in [-0.2, 0) is 4.79 Å². The lowest BCUT2D eigenvalue weighted by Gasteiger charge is -2.20. The van der Waals surface area contributed by atoms with Crippen molar-refractivity contribution >= 4 is 46.4 Å². The average Bonchev–Trinajstić information content (AvgIpc) is 3.28. The predicted octanol–water partition coefficient (Wildman–Crippen LogP) is 4.20. The maximum absolute atomic E-state index is 12.9. The molecule has 1 fully saturated rings. The highest BCUT2D eigenvalue weighted by Gasteiger charge is 2.30. The van der Waals surface area contributed by atoms with E-state index in [2.05, 4.69) is 20.4 Å². The summed E-state index contributed by atoms with van der Waals surface area (Å²) in [5.41, 5.74) is 1.03. The molecule has 3 heterocycles. The van der Waals surface area contributed by atoms with Gasteiger partial charge in [0.05, 0.1) is 5.56 Å². The second kappa shape index (κ2) is 7.34. The molecule has 4 rings (SSSR count). The molecule has 0 aliphatic carbocycles. The molecule has 0 spiro atoms. The van der Waals surface area contributed by atoms with E-state index in [9.17, 15) is 18.0 Å². The fourth-order valence-electron chi connectivity index (χ4n) is 3.20. The molecule has 29 heavy (non-hydrogen) atoms. The van der Waals surface area contributed by atoms with E-state index in [1.165, 1.54) is 0 Å².